The third-order valence-electron chi connectivity index (χ3n) is 6.76. The molecule has 1 saturated heterocycles. The van der Waals surface area contributed by atoms with Crippen molar-refractivity contribution in [2.45, 2.75) is 57.2 Å². The molecule has 2 amide bonds. The number of ketones is 1. The number of imidazole rings is 1. The van der Waals surface area contributed by atoms with Crippen LogP contribution in [0.1, 0.15) is 65.9 Å². The molecule has 2 aromatic rings. The number of nitrogens with one attached hydrogen (secondary N) is 2. The molecule has 0 atom stereocenters. The number of hydrogen-bond donors (Lipinski definition) is 2. The number of halogens is 5. The average molecular weight is 515 g/mol. The first kappa shape index (κ1) is 25.2. The third kappa shape index (κ3) is 5.34. The van der Waals surface area contributed by atoms with Crippen molar-refractivity contribution in [2.24, 2.45) is 5.41 Å². The number of alkyl halides is 3. The van der Waals surface area contributed by atoms with Gasteiger partial charge in [0.2, 0.25) is 5.91 Å². The van der Waals surface area contributed by atoms with Gasteiger partial charge in [0.05, 0.1) is 28.9 Å². The molecule has 2 aliphatic rings. The Kier molecular flexibility index (Phi) is 6.90. The van der Waals surface area contributed by atoms with Crippen molar-refractivity contribution in [3.05, 3.63) is 46.8 Å². The fraction of sp³-hybridized carbons (Fsp3) is 0.478. The summed E-state index contributed by atoms with van der Waals surface area (Å²) in [5.41, 5.74) is -0.623. The van der Waals surface area contributed by atoms with Crippen LogP contribution in [0.2, 0.25) is 5.02 Å². The number of nitrogens with zero attached hydrogens (tertiary/aromatic N) is 2. The van der Waals surface area contributed by atoms with Crippen LogP contribution in [-0.2, 0) is 4.79 Å². The number of anilines is 1. The fourth-order valence-corrected chi connectivity index (χ4v) is 5.11. The molecule has 1 saturated carbocycles. The van der Waals surface area contributed by atoms with Gasteiger partial charge < -0.3 is 15.2 Å². The van der Waals surface area contributed by atoms with E-state index < -0.39 is 41.9 Å². The lowest BCUT2D eigenvalue weighted by Crippen LogP contribution is -2.44. The molecule has 0 unspecified atom stereocenters. The van der Waals surface area contributed by atoms with Crippen molar-refractivity contribution in [3.8, 4) is 0 Å². The number of hydrogen-bond acceptors (Lipinski definition) is 4. The van der Waals surface area contributed by atoms with E-state index in [2.05, 4.69) is 15.3 Å². The standard InChI is InChI=1S/C23H23ClF4N4O3/c24-15-11-13(25)1-2-16(15)32-10-9-22(21(32)35)6-3-14(4-7-22)31-20(34)19-18(29-12-30-19)17(33)5-8-23(26,27)28/h1-2,11-12,14H,3-10H2,(H,29,30)(H,31,34). The Morgan fingerprint density at radius 3 is 2.60 bits per heavy atom. The Bertz CT molecular complexity index is 1140. The van der Waals surface area contributed by atoms with E-state index in [0.717, 1.165) is 6.33 Å². The largest absolute Gasteiger partial charge is 0.389 e. The van der Waals surface area contributed by atoms with Crippen molar-refractivity contribution in [1.82, 2.24) is 15.3 Å². The molecule has 1 aromatic heterocycles. The number of carbonyl (C=O) groups excluding carboxylic acids is 3. The minimum Gasteiger partial charge on any atom is -0.348 e. The lowest BCUT2D eigenvalue weighted by molar-refractivity contribution is -0.133. The molecule has 12 heteroatoms. The van der Waals surface area contributed by atoms with Crippen LogP contribution in [0.3, 0.4) is 0 Å². The lowest BCUT2D eigenvalue weighted by Gasteiger charge is -2.36. The molecule has 4 rings (SSSR count). The molecule has 7 nitrogen and oxygen atoms in total. The van der Waals surface area contributed by atoms with E-state index in [9.17, 15) is 31.9 Å². The average Bonchev–Trinajstić information content (AvgIpc) is 3.40. The maximum absolute atomic E-state index is 13.4. The Morgan fingerprint density at radius 1 is 1.23 bits per heavy atom. The first-order chi connectivity index (χ1) is 16.5. The predicted octanol–water partition coefficient (Wildman–Crippen LogP) is 4.82. The smallest absolute Gasteiger partial charge is 0.348 e. The van der Waals surface area contributed by atoms with Crippen LogP contribution >= 0.6 is 11.6 Å². The Balaban J connectivity index is 1.35. The van der Waals surface area contributed by atoms with Crippen molar-refractivity contribution in [3.63, 3.8) is 0 Å². The highest BCUT2D eigenvalue weighted by molar-refractivity contribution is 6.34. The van der Waals surface area contributed by atoms with Crippen LogP contribution in [0, 0.1) is 11.2 Å². The third-order valence-corrected chi connectivity index (χ3v) is 7.06. The molecule has 1 aromatic carbocycles. The zero-order chi connectivity index (χ0) is 25.4. The van der Waals surface area contributed by atoms with Gasteiger partial charge in [0.25, 0.3) is 5.91 Å². The first-order valence-electron chi connectivity index (χ1n) is 11.2. The first-order valence-corrected chi connectivity index (χ1v) is 11.6. The summed E-state index contributed by atoms with van der Waals surface area (Å²) in [6, 6.07) is 3.63. The molecular weight excluding hydrogens is 492 g/mol. The summed E-state index contributed by atoms with van der Waals surface area (Å²) in [6.07, 6.45) is -2.81. The van der Waals surface area contributed by atoms with Gasteiger partial charge in [-0.3, -0.25) is 14.4 Å². The van der Waals surface area contributed by atoms with Gasteiger partial charge in [-0.25, -0.2) is 9.37 Å². The minimum absolute atomic E-state index is 0.0816. The van der Waals surface area contributed by atoms with Crippen LogP contribution in [0.4, 0.5) is 23.2 Å². The number of H-pyrrole nitrogens is 1. The number of benzene rings is 1. The maximum Gasteiger partial charge on any atom is 0.389 e. The second-order valence-corrected chi connectivity index (χ2v) is 9.40. The molecule has 0 bridgehead atoms. The quantitative estimate of drug-likeness (QED) is 0.427. The van der Waals surface area contributed by atoms with Gasteiger partial charge in [0.15, 0.2) is 5.78 Å². The summed E-state index contributed by atoms with van der Waals surface area (Å²) >= 11 is 6.14. The van der Waals surface area contributed by atoms with Crippen LogP contribution in [0.25, 0.3) is 0 Å². The normalized spacial score (nSPS) is 22.6. The van der Waals surface area contributed by atoms with E-state index in [0.29, 0.717) is 44.3 Å². The SMILES string of the molecule is O=C(CCC(F)(F)F)c1nc[nH]c1C(=O)NC1CCC2(CC1)CCN(c1ccc(F)cc1Cl)C2=O. The van der Waals surface area contributed by atoms with Gasteiger partial charge >= 0.3 is 6.18 Å². The van der Waals surface area contributed by atoms with Gasteiger partial charge in [-0.15, -0.1) is 0 Å². The number of Topliss-reactive ketones (excluding diaryl/α,β-unsaturated/α-hetero) is 1. The minimum atomic E-state index is -4.48. The van der Waals surface area contributed by atoms with E-state index in [-0.39, 0.29) is 28.4 Å². The van der Waals surface area contributed by atoms with Gasteiger partial charge in [-0.2, -0.15) is 13.2 Å². The van der Waals surface area contributed by atoms with E-state index in [4.69, 9.17) is 11.6 Å². The molecule has 2 heterocycles. The van der Waals surface area contributed by atoms with Crippen LogP contribution in [0.15, 0.2) is 24.5 Å². The monoisotopic (exact) mass is 514 g/mol. The predicted molar refractivity (Wildman–Crippen MR) is 119 cm³/mol. The van der Waals surface area contributed by atoms with E-state index in [1.54, 1.807) is 4.90 Å². The van der Waals surface area contributed by atoms with Gasteiger partial charge in [0.1, 0.15) is 17.2 Å². The highest BCUT2D eigenvalue weighted by Gasteiger charge is 2.49. The van der Waals surface area contributed by atoms with Crippen LogP contribution in [-0.4, -0.2) is 46.3 Å². The molecule has 2 N–H and O–H groups in total. The zero-order valence-corrected chi connectivity index (χ0v) is 19.3. The summed E-state index contributed by atoms with van der Waals surface area (Å²) in [5.74, 6) is -2.07. The van der Waals surface area contributed by atoms with Gasteiger partial charge in [-0.05, 0) is 50.3 Å². The topological polar surface area (TPSA) is 95.2 Å². The lowest BCUT2D eigenvalue weighted by atomic mass is 9.71. The molecule has 1 aliphatic carbocycles. The molecule has 188 valence electrons. The molecular formula is C23H23ClF4N4O3. The van der Waals surface area contributed by atoms with E-state index >= 15 is 0 Å². The van der Waals surface area contributed by atoms with E-state index in [1.807, 2.05) is 0 Å². The molecule has 35 heavy (non-hydrogen) atoms. The summed E-state index contributed by atoms with van der Waals surface area (Å²) in [7, 11) is 0. The summed E-state index contributed by atoms with van der Waals surface area (Å²) in [5, 5.41) is 2.96. The van der Waals surface area contributed by atoms with Crippen molar-refractivity contribution >= 4 is 34.9 Å². The Morgan fingerprint density at radius 2 is 1.94 bits per heavy atom. The summed E-state index contributed by atoms with van der Waals surface area (Å²) in [4.78, 5) is 45.9. The Hall–Kier alpha value is -2.95. The highest BCUT2D eigenvalue weighted by atomic mass is 35.5. The fourth-order valence-electron chi connectivity index (χ4n) is 4.84. The van der Waals surface area contributed by atoms with Crippen LogP contribution in [0.5, 0.6) is 0 Å². The molecule has 2 fully saturated rings. The zero-order valence-electron chi connectivity index (χ0n) is 18.6. The summed E-state index contributed by atoms with van der Waals surface area (Å²) in [6.45, 7) is 0.457. The van der Waals surface area contributed by atoms with Crippen molar-refractivity contribution < 1.29 is 31.9 Å². The van der Waals surface area contributed by atoms with Crippen molar-refractivity contribution in [1.29, 1.82) is 0 Å². The number of amides is 2. The molecule has 0 radical (unpaired) electrons. The maximum atomic E-state index is 13.4. The number of carbonyl (C=O) groups is 3. The van der Waals surface area contributed by atoms with Crippen LogP contribution < -0.4 is 10.2 Å². The Labute approximate surface area is 203 Å². The summed E-state index contributed by atoms with van der Waals surface area (Å²) < 4.78 is 50.7. The molecule has 1 aliphatic heterocycles. The highest BCUT2D eigenvalue weighted by Crippen LogP contribution is 2.47. The number of rotatable bonds is 6. The number of aromatic nitrogens is 2. The van der Waals surface area contributed by atoms with Crippen molar-refractivity contribution in [2.75, 3.05) is 11.4 Å². The van der Waals surface area contributed by atoms with E-state index in [1.165, 1.54) is 18.2 Å². The second-order valence-electron chi connectivity index (χ2n) is 9.00. The second kappa shape index (κ2) is 9.60. The molecule has 1 spiro atoms. The number of aromatic amines is 1. The van der Waals surface area contributed by atoms with Gasteiger partial charge in [0, 0.05) is 19.0 Å². The van der Waals surface area contributed by atoms with Gasteiger partial charge in [-0.1, -0.05) is 11.6 Å².